The molecule has 0 aliphatic carbocycles. The minimum atomic E-state index is -1.09. The third-order valence-corrected chi connectivity index (χ3v) is 5.97. The molecule has 1 amide bonds. The molecule has 0 fully saturated rings. The summed E-state index contributed by atoms with van der Waals surface area (Å²) in [5.74, 6) is -3.16. The van der Waals surface area contributed by atoms with E-state index < -0.39 is 23.6 Å². The van der Waals surface area contributed by atoms with E-state index in [1.54, 1.807) is 30.3 Å². The monoisotopic (exact) mass is 407 g/mol. The first-order valence-corrected chi connectivity index (χ1v) is 9.39. The van der Waals surface area contributed by atoms with E-state index in [1.165, 1.54) is 30.0 Å². The molecule has 0 saturated carbocycles. The second-order valence-corrected chi connectivity index (χ2v) is 7.35. The van der Waals surface area contributed by atoms with Crippen molar-refractivity contribution in [3.05, 3.63) is 87.5 Å². The number of nitrogens with two attached hydrogens (primary N) is 1. The molecule has 2 aliphatic heterocycles. The Morgan fingerprint density at radius 2 is 1.93 bits per heavy atom. The van der Waals surface area contributed by atoms with Crippen LogP contribution in [-0.4, -0.2) is 23.9 Å². The first-order valence-electron chi connectivity index (χ1n) is 8.57. The van der Waals surface area contributed by atoms with Crippen molar-refractivity contribution < 1.29 is 18.7 Å². The summed E-state index contributed by atoms with van der Waals surface area (Å²) in [4.78, 5) is 27.5. The molecule has 0 radical (unpaired) electrons. The van der Waals surface area contributed by atoms with Gasteiger partial charge in [-0.3, -0.25) is 9.69 Å². The lowest BCUT2D eigenvalue weighted by Crippen LogP contribution is -2.42. The maximum Gasteiger partial charge on any atom is 0.338 e. The lowest BCUT2D eigenvalue weighted by atomic mass is 9.82. The topological polar surface area (TPSA) is 96.4 Å². The molecule has 8 heteroatoms. The summed E-state index contributed by atoms with van der Waals surface area (Å²) in [6.07, 6.45) is 0. The summed E-state index contributed by atoms with van der Waals surface area (Å²) >= 11 is 1.18. The molecule has 1 atom stereocenters. The van der Waals surface area contributed by atoms with Gasteiger partial charge in [0.15, 0.2) is 0 Å². The standard InChI is InChI=1S/C21H14FN3O3S/c1-28-21(27)17-16(11-6-2-4-8-14(11)22)13(10-23)20-25(18(17)24)19(26)12-7-3-5-9-15(12)29-20/h2-9,16H,24H2,1H3/t16-/m0/s1. The number of rotatable bonds is 2. The maximum absolute atomic E-state index is 14.7. The summed E-state index contributed by atoms with van der Waals surface area (Å²) in [6.45, 7) is 0. The number of hydrogen-bond donors (Lipinski definition) is 1. The Hall–Kier alpha value is -3.57. The van der Waals surface area contributed by atoms with Gasteiger partial charge in [-0.2, -0.15) is 5.26 Å². The third-order valence-electron chi connectivity index (χ3n) is 4.80. The number of fused-ring (bicyclic) bond motifs is 2. The van der Waals surface area contributed by atoms with E-state index in [1.807, 2.05) is 0 Å². The van der Waals surface area contributed by atoms with E-state index in [-0.39, 0.29) is 27.6 Å². The zero-order chi connectivity index (χ0) is 20.7. The molecule has 0 bridgehead atoms. The van der Waals surface area contributed by atoms with Gasteiger partial charge in [-0.05, 0) is 18.2 Å². The highest BCUT2D eigenvalue weighted by Gasteiger charge is 2.45. The van der Waals surface area contributed by atoms with E-state index in [0.29, 0.717) is 10.5 Å². The second-order valence-electron chi connectivity index (χ2n) is 6.31. The van der Waals surface area contributed by atoms with E-state index in [2.05, 4.69) is 6.07 Å². The second kappa shape index (κ2) is 7.11. The number of carbonyl (C=O) groups excluding carboxylic acids is 2. The molecule has 0 spiro atoms. The highest BCUT2D eigenvalue weighted by Crippen LogP contribution is 2.49. The van der Waals surface area contributed by atoms with Crippen LogP contribution in [0.3, 0.4) is 0 Å². The number of thioether (sulfide) groups is 1. The van der Waals surface area contributed by atoms with Crippen molar-refractivity contribution in [2.75, 3.05) is 7.11 Å². The Labute approximate surface area is 170 Å². The molecular weight excluding hydrogens is 393 g/mol. The minimum Gasteiger partial charge on any atom is -0.466 e. The van der Waals surface area contributed by atoms with Gasteiger partial charge in [-0.15, -0.1) is 0 Å². The highest BCUT2D eigenvalue weighted by molar-refractivity contribution is 8.03. The van der Waals surface area contributed by atoms with Gasteiger partial charge in [0.25, 0.3) is 5.91 Å². The van der Waals surface area contributed by atoms with Crippen molar-refractivity contribution in [2.24, 2.45) is 5.73 Å². The molecule has 2 aromatic carbocycles. The van der Waals surface area contributed by atoms with Crippen LogP contribution in [0, 0.1) is 17.1 Å². The van der Waals surface area contributed by atoms with Gasteiger partial charge in [-0.1, -0.05) is 42.1 Å². The number of ether oxygens (including phenoxy) is 1. The lowest BCUT2D eigenvalue weighted by Gasteiger charge is -2.38. The van der Waals surface area contributed by atoms with Crippen molar-refractivity contribution in [3.63, 3.8) is 0 Å². The molecule has 2 heterocycles. The number of amides is 1. The van der Waals surface area contributed by atoms with Crippen LogP contribution < -0.4 is 5.73 Å². The predicted molar refractivity (Wildman–Crippen MR) is 103 cm³/mol. The zero-order valence-electron chi connectivity index (χ0n) is 15.2. The van der Waals surface area contributed by atoms with Crippen molar-refractivity contribution >= 4 is 23.6 Å². The van der Waals surface area contributed by atoms with Crippen LogP contribution in [0.15, 0.2) is 75.4 Å². The number of carbonyl (C=O) groups is 2. The largest absolute Gasteiger partial charge is 0.466 e. The van der Waals surface area contributed by atoms with Gasteiger partial charge in [0, 0.05) is 10.5 Å². The van der Waals surface area contributed by atoms with Crippen LogP contribution >= 0.6 is 11.8 Å². The van der Waals surface area contributed by atoms with Gasteiger partial charge in [0.2, 0.25) is 0 Å². The average Bonchev–Trinajstić information content (AvgIpc) is 2.73. The number of nitrogens with zero attached hydrogens (tertiary/aromatic N) is 2. The van der Waals surface area contributed by atoms with Crippen molar-refractivity contribution in [1.82, 2.24) is 4.90 Å². The Kier molecular flexibility index (Phi) is 4.60. The Bertz CT molecular complexity index is 1170. The first kappa shape index (κ1) is 18.8. The number of esters is 1. The molecule has 144 valence electrons. The van der Waals surface area contributed by atoms with E-state index in [9.17, 15) is 19.2 Å². The Morgan fingerprint density at radius 3 is 2.62 bits per heavy atom. The van der Waals surface area contributed by atoms with Crippen molar-refractivity contribution in [3.8, 4) is 6.07 Å². The molecule has 2 N–H and O–H groups in total. The summed E-state index contributed by atoms with van der Waals surface area (Å²) in [5, 5.41) is 10.2. The highest BCUT2D eigenvalue weighted by atomic mass is 32.2. The van der Waals surface area contributed by atoms with Crippen LogP contribution in [0.5, 0.6) is 0 Å². The predicted octanol–water partition coefficient (Wildman–Crippen LogP) is 3.25. The first-order chi connectivity index (χ1) is 14.0. The van der Waals surface area contributed by atoms with Crippen LogP contribution in [0.25, 0.3) is 0 Å². The Morgan fingerprint density at radius 1 is 1.24 bits per heavy atom. The van der Waals surface area contributed by atoms with Gasteiger partial charge in [-0.25, -0.2) is 9.18 Å². The lowest BCUT2D eigenvalue weighted by molar-refractivity contribution is -0.136. The number of nitriles is 1. The van der Waals surface area contributed by atoms with Gasteiger partial charge in [0.05, 0.1) is 35.8 Å². The number of allylic oxidation sites excluding steroid dienone is 1. The quantitative estimate of drug-likeness (QED) is 0.768. The van der Waals surface area contributed by atoms with Crippen molar-refractivity contribution in [2.45, 2.75) is 10.8 Å². The van der Waals surface area contributed by atoms with Gasteiger partial charge >= 0.3 is 5.97 Å². The number of benzene rings is 2. The van der Waals surface area contributed by atoms with Crippen LogP contribution in [-0.2, 0) is 9.53 Å². The summed E-state index contributed by atoms with van der Waals surface area (Å²) in [6, 6.07) is 14.8. The number of hydrogen-bond acceptors (Lipinski definition) is 6. The maximum atomic E-state index is 14.7. The third kappa shape index (κ3) is 2.79. The van der Waals surface area contributed by atoms with Crippen LogP contribution in [0.1, 0.15) is 21.8 Å². The zero-order valence-corrected chi connectivity index (χ0v) is 16.0. The minimum absolute atomic E-state index is 0.0533. The molecule has 6 nitrogen and oxygen atoms in total. The van der Waals surface area contributed by atoms with Crippen LogP contribution in [0.4, 0.5) is 4.39 Å². The summed E-state index contributed by atoms with van der Waals surface area (Å²) in [5.41, 5.74) is 6.66. The van der Waals surface area contributed by atoms with E-state index >= 15 is 0 Å². The molecule has 0 unspecified atom stereocenters. The molecular formula is C21H14FN3O3S. The van der Waals surface area contributed by atoms with E-state index in [0.717, 1.165) is 12.0 Å². The molecule has 2 aromatic rings. The molecule has 2 aliphatic rings. The fourth-order valence-corrected chi connectivity index (χ4v) is 4.66. The number of methoxy groups -OCH3 is 1. The smallest absolute Gasteiger partial charge is 0.338 e. The fourth-order valence-electron chi connectivity index (χ4n) is 3.49. The van der Waals surface area contributed by atoms with Crippen molar-refractivity contribution in [1.29, 1.82) is 5.26 Å². The summed E-state index contributed by atoms with van der Waals surface area (Å²) in [7, 11) is 1.16. The molecule has 0 saturated heterocycles. The average molecular weight is 407 g/mol. The SMILES string of the molecule is COC(=O)C1=C(N)N2C(=O)c3ccccc3SC2=C(C#N)[C@@H]1c1ccccc1F. The Balaban J connectivity index is 2.03. The number of halogens is 1. The van der Waals surface area contributed by atoms with Gasteiger partial charge < -0.3 is 10.5 Å². The molecule has 0 aromatic heterocycles. The van der Waals surface area contributed by atoms with E-state index in [4.69, 9.17) is 10.5 Å². The van der Waals surface area contributed by atoms with Crippen LogP contribution in [0.2, 0.25) is 0 Å². The molecule has 29 heavy (non-hydrogen) atoms. The molecule has 4 rings (SSSR count). The van der Waals surface area contributed by atoms with Gasteiger partial charge in [0.1, 0.15) is 16.7 Å². The summed E-state index contributed by atoms with van der Waals surface area (Å²) < 4.78 is 19.5. The fraction of sp³-hybridized carbons (Fsp3) is 0.0952. The normalized spacial score (nSPS) is 18.2.